The molecule has 4 heteroatoms. The average molecular weight is 257 g/mol. The summed E-state index contributed by atoms with van der Waals surface area (Å²) < 4.78 is 10.3. The Morgan fingerprint density at radius 2 is 1.84 bits per heavy atom. The molecule has 0 aromatic heterocycles. The van der Waals surface area contributed by atoms with Gasteiger partial charge in [0.05, 0.1) is 14.2 Å². The summed E-state index contributed by atoms with van der Waals surface area (Å²) in [6, 6.07) is 12.4. The monoisotopic (exact) mass is 257 g/mol. The molecule has 0 fully saturated rings. The maximum absolute atomic E-state index is 9.76. The Kier molecular flexibility index (Phi) is 4.03. The van der Waals surface area contributed by atoms with E-state index in [-0.39, 0.29) is 5.75 Å². The first kappa shape index (κ1) is 13.0. The van der Waals surface area contributed by atoms with Gasteiger partial charge in [0.25, 0.3) is 0 Å². The molecule has 98 valence electrons. The zero-order valence-electron chi connectivity index (χ0n) is 10.8. The molecule has 2 rings (SSSR count). The van der Waals surface area contributed by atoms with Crippen molar-refractivity contribution in [2.24, 2.45) is 4.99 Å². The van der Waals surface area contributed by atoms with E-state index in [4.69, 9.17) is 9.47 Å². The molecule has 0 radical (unpaired) electrons. The fourth-order valence-electron chi connectivity index (χ4n) is 1.64. The number of hydrogen-bond acceptors (Lipinski definition) is 4. The van der Waals surface area contributed by atoms with E-state index in [0.29, 0.717) is 22.7 Å². The molecule has 0 bridgehead atoms. The Hall–Kier alpha value is -2.49. The van der Waals surface area contributed by atoms with Gasteiger partial charge in [-0.1, -0.05) is 12.1 Å². The zero-order chi connectivity index (χ0) is 13.7. The normalized spacial score (nSPS) is 10.6. The van der Waals surface area contributed by atoms with Gasteiger partial charge in [-0.15, -0.1) is 0 Å². The van der Waals surface area contributed by atoms with Gasteiger partial charge in [0, 0.05) is 11.8 Å². The largest absolute Gasteiger partial charge is 0.507 e. The number of para-hydroxylation sites is 2. The Labute approximate surface area is 111 Å². The Balaban J connectivity index is 2.32. The quantitative estimate of drug-likeness (QED) is 0.856. The number of nitrogens with zero attached hydrogens (tertiary/aromatic N) is 1. The van der Waals surface area contributed by atoms with Gasteiger partial charge in [0.15, 0.2) is 0 Å². The van der Waals surface area contributed by atoms with Gasteiger partial charge in [0.1, 0.15) is 22.9 Å². The fraction of sp³-hybridized carbons (Fsp3) is 0.133. The van der Waals surface area contributed by atoms with Crippen LogP contribution < -0.4 is 9.47 Å². The molecular formula is C15H15NO3. The smallest absolute Gasteiger partial charge is 0.144 e. The van der Waals surface area contributed by atoms with Crippen LogP contribution in [-0.2, 0) is 0 Å². The first-order valence-electron chi connectivity index (χ1n) is 5.78. The molecule has 0 unspecified atom stereocenters. The number of hydrogen-bond donors (Lipinski definition) is 1. The predicted octanol–water partition coefficient (Wildman–Crippen LogP) is 3.16. The molecule has 0 aliphatic rings. The highest BCUT2D eigenvalue weighted by atomic mass is 16.5. The number of benzene rings is 2. The molecule has 0 atom stereocenters. The minimum atomic E-state index is 0.152. The highest BCUT2D eigenvalue weighted by Crippen LogP contribution is 2.27. The molecule has 0 amide bonds. The number of methoxy groups -OCH3 is 2. The average Bonchev–Trinajstić information content (AvgIpc) is 2.46. The van der Waals surface area contributed by atoms with Crippen molar-refractivity contribution in [1.82, 2.24) is 0 Å². The predicted molar refractivity (Wildman–Crippen MR) is 74.9 cm³/mol. The summed E-state index contributed by atoms with van der Waals surface area (Å²) >= 11 is 0. The van der Waals surface area contributed by atoms with Crippen LogP contribution in [0.25, 0.3) is 0 Å². The van der Waals surface area contributed by atoms with Crippen LogP contribution in [0.2, 0.25) is 0 Å². The number of rotatable bonds is 4. The minimum absolute atomic E-state index is 0.152. The first-order valence-corrected chi connectivity index (χ1v) is 5.78. The van der Waals surface area contributed by atoms with Crippen LogP contribution >= 0.6 is 0 Å². The molecule has 0 aliphatic heterocycles. The molecule has 0 aliphatic carbocycles. The van der Waals surface area contributed by atoms with Crippen molar-refractivity contribution in [1.29, 1.82) is 0 Å². The van der Waals surface area contributed by atoms with Gasteiger partial charge >= 0.3 is 0 Å². The summed E-state index contributed by atoms with van der Waals surface area (Å²) in [5, 5.41) is 9.76. The van der Waals surface area contributed by atoms with Crippen LogP contribution in [0.3, 0.4) is 0 Å². The molecule has 0 spiro atoms. The topological polar surface area (TPSA) is 51.0 Å². The van der Waals surface area contributed by atoms with Crippen LogP contribution in [0.1, 0.15) is 5.56 Å². The van der Waals surface area contributed by atoms with Gasteiger partial charge in [-0.25, -0.2) is 0 Å². The Bertz CT molecular complexity index is 594. The van der Waals surface area contributed by atoms with Crippen molar-refractivity contribution in [2.45, 2.75) is 0 Å². The number of aromatic hydroxyl groups is 1. The van der Waals surface area contributed by atoms with Crippen LogP contribution in [-0.4, -0.2) is 25.5 Å². The van der Waals surface area contributed by atoms with E-state index in [1.165, 1.54) is 0 Å². The van der Waals surface area contributed by atoms with Gasteiger partial charge in [0.2, 0.25) is 0 Å². The van der Waals surface area contributed by atoms with Gasteiger partial charge in [-0.05, 0) is 30.3 Å². The molecule has 1 N–H and O–H groups in total. The van der Waals surface area contributed by atoms with Crippen molar-refractivity contribution in [3.63, 3.8) is 0 Å². The summed E-state index contributed by atoms with van der Waals surface area (Å²) in [6.07, 6.45) is 1.58. The second-order valence-corrected chi connectivity index (χ2v) is 3.85. The van der Waals surface area contributed by atoms with Crippen molar-refractivity contribution in [3.8, 4) is 17.2 Å². The molecule has 4 nitrogen and oxygen atoms in total. The van der Waals surface area contributed by atoms with Crippen molar-refractivity contribution in [3.05, 3.63) is 48.0 Å². The molecule has 0 saturated carbocycles. The van der Waals surface area contributed by atoms with E-state index in [0.717, 1.165) is 0 Å². The van der Waals surface area contributed by atoms with E-state index in [1.807, 2.05) is 24.3 Å². The summed E-state index contributed by atoms with van der Waals surface area (Å²) in [7, 11) is 3.17. The maximum Gasteiger partial charge on any atom is 0.144 e. The van der Waals surface area contributed by atoms with Crippen LogP contribution in [0.5, 0.6) is 17.2 Å². The lowest BCUT2D eigenvalue weighted by Gasteiger charge is -2.04. The SMILES string of the molecule is COc1ccc(O)c(C=Nc2ccccc2OC)c1. The molecule has 2 aromatic carbocycles. The second-order valence-electron chi connectivity index (χ2n) is 3.85. The number of ether oxygens (including phenoxy) is 2. The molecule has 0 saturated heterocycles. The summed E-state index contributed by atoms with van der Waals surface area (Å²) in [4.78, 5) is 4.32. The number of aliphatic imine (C=N–C) groups is 1. The van der Waals surface area contributed by atoms with Gasteiger partial charge in [-0.3, -0.25) is 4.99 Å². The lowest BCUT2D eigenvalue weighted by atomic mass is 10.2. The third-order valence-electron chi connectivity index (χ3n) is 2.66. The Morgan fingerprint density at radius 3 is 2.58 bits per heavy atom. The Morgan fingerprint density at radius 1 is 1.05 bits per heavy atom. The van der Waals surface area contributed by atoms with E-state index in [2.05, 4.69) is 4.99 Å². The summed E-state index contributed by atoms with van der Waals surface area (Å²) in [5.74, 6) is 1.50. The molecular weight excluding hydrogens is 242 g/mol. The van der Waals surface area contributed by atoms with E-state index in [9.17, 15) is 5.11 Å². The van der Waals surface area contributed by atoms with E-state index >= 15 is 0 Å². The lowest BCUT2D eigenvalue weighted by Crippen LogP contribution is -1.87. The highest BCUT2D eigenvalue weighted by molar-refractivity contribution is 5.86. The minimum Gasteiger partial charge on any atom is -0.507 e. The number of phenolic OH excluding ortho intramolecular Hbond substituents is 1. The molecule has 2 aromatic rings. The maximum atomic E-state index is 9.76. The molecule has 19 heavy (non-hydrogen) atoms. The summed E-state index contributed by atoms with van der Waals surface area (Å²) in [6.45, 7) is 0. The zero-order valence-corrected chi connectivity index (χ0v) is 10.8. The third kappa shape index (κ3) is 3.04. The summed E-state index contributed by atoms with van der Waals surface area (Å²) in [5.41, 5.74) is 1.29. The molecule has 0 heterocycles. The second kappa shape index (κ2) is 5.91. The van der Waals surface area contributed by atoms with E-state index in [1.54, 1.807) is 38.6 Å². The number of phenols is 1. The van der Waals surface area contributed by atoms with Gasteiger partial charge in [-0.2, -0.15) is 0 Å². The highest BCUT2D eigenvalue weighted by Gasteiger charge is 2.02. The lowest BCUT2D eigenvalue weighted by molar-refractivity contribution is 0.412. The first-order chi connectivity index (χ1) is 9.24. The van der Waals surface area contributed by atoms with Crippen LogP contribution in [0, 0.1) is 0 Å². The van der Waals surface area contributed by atoms with Crippen molar-refractivity contribution >= 4 is 11.9 Å². The van der Waals surface area contributed by atoms with Crippen molar-refractivity contribution < 1.29 is 14.6 Å². The third-order valence-corrected chi connectivity index (χ3v) is 2.66. The van der Waals surface area contributed by atoms with E-state index < -0.39 is 0 Å². The van der Waals surface area contributed by atoms with Crippen LogP contribution in [0.4, 0.5) is 5.69 Å². The fourth-order valence-corrected chi connectivity index (χ4v) is 1.64. The standard InChI is InChI=1S/C15H15NO3/c1-18-12-7-8-14(17)11(9-12)10-16-13-5-3-4-6-15(13)19-2/h3-10,17H,1-2H3. The van der Waals surface area contributed by atoms with Crippen LogP contribution in [0.15, 0.2) is 47.5 Å². The van der Waals surface area contributed by atoms with Crippen molar-refractivity contribution in [2.75, 3.05) is 14.2 Å². The van der Waals surface area contributed by atoms with Gasteiger partial charge < -0.3 is 14.6 Å².